The van der Waals surface area contributed by atoms with Crippen molar-refractivity contribution in [3.05, 3.63) is 29.3 Å². The number of rotatable bonds is 4. The van der Waals surface area contributed by atoms with Crippen LogP contribution in [0.5, 0.6) is 0 Å². The van der Waals surface area contributed by atoms with Crippen LogP contribution in [-0.4, -0.2) is 41.6 Å². The first-order valence-corrected chi connectivity index (χ1v) is 10.2. The van der Waals surface area contributed by atoms with Crippen molar-refractivity contribution < 1.29 is 9.59 Å². The fourth-order valence-electron chi connectivity index (χ4n) is 3.44. The van der Waals surface area contributed by atoms with Crippen molar-refractivity contribution in [1.29, 1.82) is 0 Å². The number of amides is 2. The monoisotopic (exact) mass is 405 g/mol. The van der Waals surface area contributed by atoms with Crippen LogP contribution in [0.3, 0.4) is 0 Å². The molecule has 2 fully saturated rings. The molecule has 142 valence electrons. The van der Waals surface area contributed by atoms with E-state index >= 15 is 0 Å². The first kappa shape index (κ1) is 18.2. The Kier molecular flexibility index (Phi) is 5.27. The summed E-state index contributed by atoms with van der Waals surface area (Å²) in [6.45, 7) is 2.15. The summed E-state index contributed by atoms with van der Waals surface area (Å²) in [5.74, 6) is -0.00626. The maximum atomic E-state index is 12.6. The van der Waals surface area contributed by atoms with Gasteiger partial charge >= 0.3 is 0 Å². The standard InChI is InChI=1S/C18H20ClN5O2S/c19-13-5-7-14(8-6-13)20-16(26)12-3-1-9-23(11-12)17-21-22-18(27-17)24-10-2-4-15(24)25/h5-8,12H,1-4,9-11H2,(H,20,26). The molecule has 27 heavy (non-hydrogen) atoms. The van der Waals surface area contributed by atoms with Gasteiger partial charge in [0, 0.05) is 36.8 Å². The third-order valence-corrected chi connectivity index (χ3v) is 6.14. The predicted octanol–water partition coefficient (Wildman–Crippen LogP) is 3.17. The number of hydrogen-bond acceptors (Lipinski definition) is 6. The SMILES string of the molecule is O=C(Nc1ccc(Cl)cc1)C1CCCN(c2nnc(N3CCCC3=O)s2)C1. The Balaban J connectivity index is 1.40. The number of carbonyl (C=O) groups is 2. The second-order valence-electron chi connectivity index (χ2n) is 6.80. The largest absolute Gasteiger partial charge is 0.346 e. The Morgan fingerprint density at radius 1 is 1.15 bits per heavy atom. The van der Waals surface area contributed by atoms with E-state index in [1.54, 1.807) is 29.2 Å². The van der Waals surface area contributed by atoms with Gasteiger partial charge in [-0.25, -0.2) is 0 Å². The van der Waals surface area contributed by atoms with E-state index in [1.165, 1.54) is 11.3 Å². The molecule has 7 nitrogen and oxygen atoms in total. The number of hydrogen-bond donors (Lipinski definition) is 1. The molecule has 1 aromatic heterocycles. The average Bonchev–Trinajstić information content (AvgIpc) is 3.32. The van der Waals surface area contributed by atoms with E-state index in [2.05, 4.69) is 20.4 Å². The summed E-state index contributed by atoms with van der Waals surface area (Å²) in [6, 6.07) is 7.11. The van der Waals surface area contributed by atoms with Crippen molar-refractivity contribution in [3.8, 4) is 0 Å². The number of nitrogens with one attached hydrogen (secondary N) is 1. The second kappa shape index (κ2) is 7.82. The third-order valence-electron chi connectivity index (χ3n) is 4.88. The second-order valence-corrected chi connectivity index (χ2v) is 8.17. The molecule has 1 unspecified atom stereocenters. The van der Waals surface area contributed by atoms with E-state index in [1.807, 2.05) is 0 Å². The van der Waals surface area contributed by atoms with Gasteiger partial charge in [0.15, 0.2) is 0 Å². The van der Waals surface area contributed by atoms with E-state index in [4.69, 9.17) is 11.6 Å². The normalized spacial score (nSPS) is 20.2. The van der Waals surface area contributed by atoms with Crippen molar-refractivity contribution in [2.24, 2.45) is 5.92 Å². The minimum Gasteiger partial charge on any atom is -0.346 e. The van der Waals surface area contributed by atoms with E-state index in [0.29, 0.717) is 29.7 Å². The van der Waals surface area contributed by atoms with E-state index < -0.39 is 0 Å². The quantitative estimate of drug-likeness (QED) is 0.845. The predicted molar refractivity (Wildman–Crippen MR) is 107 cm³/mol. The fourth-order valence-corrected chi connectivity index (χ4v) is 4.49. The molecule has 0 spiro atoms. The van der Waals surface area contributed by atoms with E-state index in [9.17, 15) is 9.59 Å². The zero-order valence-corrected chi connectivity index (χ0v) is 16.3. The van der Waals surface area contributed by atoms with Gasteiger partial charge in [-0.15, -0.1) is 10.2 Å². The Morgan fingerprint density at radius 3 is 2.67 bits per heavy atom. The molecule has 0 bridgehead atoms. The summed E-state index contributed by atoms with van der Waals surface area (Å²) in [6.07, 6.45) is 3.19. The van der Waals surface area contributed by atoms with Crippen LogP contribution in [0.4, 0.5) is 16.0 Å². The van der Waals surface area contributed by atoms with Gasteiger partial charge in [-0.05, 0) is 43.5 Å². The zero-order valence-electron chi connectivity index (χ0n) is 14.7. The van der Waals surface area contributed by atoms with Crippen LogP contribution in [-0.2, 0) is 9.59 Å². The maximum absolute atomic E-state index is 12.6. The Morgan fingerprint density at radius 2 is 1.93 bits per heavy atom. The van der Waals surface area contributed by atoms with Gasteiger partial charge in [0.05, 0.1) is 5.92 Å². The molecule has 2 saturated heterocycles. The highest BCUT2D eigenvalue weighted by molar-refractivity contribution is 7.19. The zero-order chi connectivity index (χ0) is 18.8. The summed E-state index contributed by atoms with van der Waals surface area (Å²) in [5, 5.41) is 13.5. The highest BCUT2D eigenvalue weighted by Gasteiger charge is 2.30. The molecular formula is C18H20ClN5O2S. The lowest BCUT2D eigenvalue weighted by molar-refractivity contribution is -0.120. The van der Waals surface area contributed by atoms with Gasteiger partial charge < -0.3 is 10.2 Å². The molecule has 1 atom stereocenters. The number of piperidine rings is 1. The minimum absolute atomic E-state index is 0.00137. The Bertz CT molecular complexity index is 841. The van der Waals surface area contributed by atoms with Gasteiger partial charge in [0.1, 0.15) is 0 Å². The van der Waals surface area contributed by atoms with Crippen LogP contribution >= 0.6 is 22.9 Å². The van der Waals surface area contributed by atoms with E-state index in [-0.39, 0.29) is 17.7 Å². The van der Waals surface area contributed by atoms with Crippen molar-refractivity contribution in [2.45, 2.75) is 25.7 Å². The molecule has 0 saturated carbocycles. The first-order valence-electron chi connectivity index (χ1n) is 9.05. The van der Waals surface area contributed by atoms with Crippen LogP contribution in [0.15, 0.2) is 24.3 Å². The molecule has 1 aromatic carbocycles. The molecule has 9 heteroatoms. The summed E-state index contributed by atoms with van der Waals surface area (Å²) in [5.41, 5.74) is 0.743. The number of benzene rings is 1. The summed E-state index contributed by atoms with van der Waals surface area (Å²) < 4.78 is 0. The van der Waals surface area contributed by atoms with Gasteiger partial charge in [-0.2, -0.15) is 0 Å². The van der Waals surface area contributed by atoms with Gasteiger partial charge in [-0.3, -0.25) is 14.5 Å². The van der Waals surface area contributed by atoms with Gasteiger partial charge in [0.25, 0.3) is 0 Å². The summed E-state index contributed by atoms with van der Waals surface area (Å²) in [7, 11) is 0. The lowest BCUT2D eigenvalue weighted by Gasteiger charge is -2.31. The van der Waals surface area contributed by atoms with E-state index in [0.717, 1.165) is 36.6 Å². The molecule has 2 aliphatic rings. The topological polar surface area (TPSA) is 78.4 Å². The average molecular weight is 406 g/mol. The molecule has 2 amide bonds. The minimum atomic E-state index is -0.116. The lowest BCUT2D eigenvalue weighted by atomic mass is 9.97. The van der Waals surface area contributed by atoms with Crippen LogP contribution in [0.1, 0.15) is 25.7 Å². The van der Waals surface area contributed by atoms with Crippen LogP contribution < -0.4 is 15.1 Å². The van der Waals surface area contributed by atoms with Crippen LogP contribution in [0.2, 0.25) is 5.02 Å². The molecule has 0 aliphatic carbocycles. The fraction of sp³-hybridized carbons (Fsp3) is 0.444. The highest BCUT2D eigenvalue weighted by atomic mass is 35.5. The molecule has 0 radical (unpaired) electrons. The molecule has 2 aliphatic heterocycles. The van der Waals surface area contributed by atoms with Crippen molar-refractivity contribution in [3.63, 3.8) is 0 Å². The molecule has 3 heterocycles. The molecule has 2 aromatic rings. The lowest BCUT2D eigenvalue weighted by Crippen LogP contribution is -2.40. The van der Waals surface area contributed by atoms with Crippen LogP contribution in [0, 0.1) is 5.92 Å². The third kappa shape index (κ3) is 4.06. The van der Waals surface area contributed by atoms with Crippen molar-refractivity contribution in [2.75, 3.05) is 34.8 Å². The Hall–Kier alpha value is -2.19. The van der Waals surface area contributed by atoms with Gasteiger partial charge in [0.2, 0.25) is 22.1 Å². The number of nitrogens with zero attached hydrogens (tertiary/aromatic N) is 4. The molecular weight excluding hydrogens is 386 g/mol. The van der Waals surface area contributed by atoms with Crippen LogP contribution in [0.25, 0.3) is 0 Å². The number of aromatic nitrogens is 2. The highest BCUT2D eigenvalue weighted by Crippen LogP contribution is 2.32. The molecule has 1 N–H and O–H groups in total. The Labute approximate surface area is 166 Å². The number of anilines is 3. The molecule has 4 rings (SSSR count). The number of carbonyl (C=O) groups excluding carboxylic acids is 2. The van der Waals surface area contributed by atoms with Crippen molar-refractivity contribution >= 4 is 50.7 Å². The smallest absolute Gasteiger partial charge is 0.229 e. The summed E-state index contributed by atoms with van der Waals surface area (Å²) >= 11 is 7.31. The summed E-state index contributed by atoms with van der Waals surface area (Å²) in [4.78, 5) is 28.3. The number of halogens is 1. The first-order chi connectivity index (χ1) is 13.1. The maximum Gasteiger partial charge on any atom is 0.229 e. The van der Waals surface area contributed by atoms with Crippen molar-refractivity contribution in [1.82, 2.24) is 10.2 Å². The van der Waals surface area contributed by atoms with Gasteiger partial charge in [-0.1, -0.05) is 22.9 Å².